The quantitative estimate of drug-likeness (QED) is 0.781. The van der Waals surface area contributed by atoms with Gasteiger partial charge in [-0.05, 0) is 18.2 Å². The summed E-state index contributed by atoms with van der Waals surface area (Å²) >= 11 is 0. The van der Waals surface area contributed by atoms with Crippen LogP contribution in [0.2, 0.25) is 0 Å². The summed E-state index contributed by atoms with van der Waals surface area (Å²) in [5.41, 5.74) is 1.79. The van der Waals surface area contributed by atoms with Gasteiger partial charge in [-0.15, -0.1) is 0 Å². The van der Waals surface area contributed by atoms with Crippen LogP contribution in [0.1, 0.15) is 11.4 Å². The summed E-state index contributed by atoms with van der Waals surface area (Å²) in [6, 6.07) is 11.1. The summed E-state index contributed by atoms with van der Waals surface area (Å²) in [7, 11) is 1.64. The molecule has 0 aliphatic rings. The highest BCUT2D eigenvalue weighted by atomic mass is 16.5. The lowest BCUT2D eigenvalue weighted by Crippen LogP contribution is -1.97. The summed E-state index contributed by atoms with van der Waals surface area (Å²) in [4.78, 5) is 4.41. The van der Waals surface area contributed by atoms with E-state index in [1.54, 1.807) is 19.4 Å². The molecule has 0 aliphatic heterocycles. The third kappa shape index (κ3) is 2.01. The predicted octanol–water partition coefficient (Wildman–Crippen LogP) is 2.64. The van der Waals surface area contributed by atoms with Crippen molar-refractivity contribution < 1.29 is 9.84 Å². The minimum atomic E-state index is 0.294. The number of benzene rings is 1. The molecule has 4 nitrogen and oxygen atoms in total. The van der Waals surface area contributed by atoms with Crippen LogP contribution in [-0.4, -0.2) is 21.6 Å². The van der Waals surface area contributed by atoms with Gasteiger partial charge in [-0.3, -0.25) is 0 Å². The highest BCUT2D eigenvalue weighted by Gasteiger charge is 2.09. The number of aromatic hydroxyl groups is 1. The lowest BCUT2D eigenvalue weighted by atomic mass is 10.1. The molecule has 3 aromatic rings. The Labute approximate surface area is 110 Å². The number of fused-ring (bicyclic) bond motifs is 1. The van der Waals surface area contributed by atoms with Crippen LogP contribution >= 0.6 is 0 Å². The zero-order valence-corrected chi connectivity index (χ0v) is 10.6. The van der Waals surface area contributed by atoms with Gasteiger partial charge in [0.2, 0.25) is 0 Å². The fourth-order valence-corrected chi connectivity index (χ4v) is 2.18. The van der Waals surface area contributed by atoms with Crippen molar-refractivity contribution in [3.63, 3.8) is 0 Å². The van der Waals surface area contributed by atoms with E-state index in [9.17, 15) is 5.11 Å². The van der Waals surface area contributed by atoms with Crippen molar-refractivity contribution in [3.8, 4) is 11.5 Å². The Morgan fingerprint density at radius 2 is 2.05 bits per heavy atom. The van der Waals surface area contributed by atoms with Crippen LogP contribution in [0, 0.1) is 0 Å². The van der Waals surface area contributed by atoms with Gasteiger partial charge in [-0.2, -0.15) is 0 Å². The number of phenols is 1. The molecule has 0 spiro atoms. The van der Waals surface area contributed by atoms with Crippen molar-refractivity contribution in [1.82, 2.24) is 9.38 Å². The molecule has 1 aromatic carbocycles. The normalized spacial score (nSPS) is 10.8. The molecule has 4 heteroatoms. The Kier molecular flexibility index (Phi) is 2.83. The molecule has 1 N–H and O–H groups in total. The summed E-state index contributed by atoms with van der Waals surface area (Å²) < 4.78 is 7.28. The highest BCUT2D eigenvalue weighted by molar-refractivity contribution is 5.59. The monoisotopic (exact) mass is 254 g/mol. The number of ether oxygens (including phenoxy) is 1. The van der Waals surface area contributed by atoms with Crippen LogP contribution in [-0.2, 0) is 6.42 Å². The Morgan fingerprint density at radius 1 is 1.21 bits per heavy atom. The minimum Gasteiger partial charge on any atom is -0.508 e. The molecular formula is C15H14N2O2. The van der Waals surface area contributed by atoms with E-state index in [0.717, 1.165) is 22.7 Å². The maximum absolute atomic E-state index is 9.82. The van der Waals surface area contributed by atoms with Gasteiger partial charge in [0.25, 0.3) is 0 Å². The fraction of sp³-hybridized carbons (Fsp3) is 0.133. The molecule has 2 heterocycles. The first-order valence-electron chi connectivity index (χ1n) is 6.05. The Balaban J connectivity index is 2.05. The third-order valence-electron chi connectivity index (χ3n) is 3.17. The van der Waals surface area contributed by atoms with Gasteiger partial charge in [0.15, 0.2) is 0 Å². The number of methoxy groups -OCH3 is 1. The van der Waals surface area contributed by atoms with Gasteiger partial charge in [-0.1, -0.05) is 18.2 Å². The van der Waals surface area contributed by atoms with E-state index >= 15 is 0 Å². The molecule has 0 radical (unpaired) electrons. The number of phenolic OH excluding ortho intramolecular Hbond substituents is 1. The minimum absolute atomic E-state index is 0.294. The molecule has 0 bridgehead atoms. The SMILES string of the molecule is COc1cccn2c(Cc3ccccc3O)ncc12. The second-order valence-corrected chi connectivity index (χ2v) is 4.31. The fourth-order valence-electron chi connectivity index (χ4n) is 2.18. The van der Waals surface area contributed by atoms with Gasteiger partial charge >= 0.3 is 0 Å². The standard InChI is InChI=1S/C15H14N2O2/c1-19-14-7-4-8-17-12(14)10-16-15(17)9-11-5-2-3-6-13(11)18/h2-8,10,18H,9H2,1H3. The van der Waals surface area contributed by atoms with E-state index in [4.69, 9.17) is 4.74 Å². The second-order valence-electron chi connectivity index (χ2n) is 4.31. The molecule has 0 amide bonds. The zero-order valence-electron chi connectivity index (χ0n) is 10.6. The molecule has 0 fully saturated rings. The Hall–Kier alpha value is -2.49. The van der Waals surface area contributed by atoms with Crippen molar-refractivity contribution in [2.75, 3.05) is 7.11 Å². The molecule has 0 unspecified atom stereocenters. The van der Waals surface area contributed by atoms with E-state index in [1.807, 2.05) is 40.9 Å². The predicted molar refractivity (Wildman–Crippen MR) is 72.7 cm³/mol. The average Bonchev–Trinajstić information content (AvgIpc) is 2.84. The molecule has 19 heavy (non-hydrogen) atoms. The van der Waals surface area contributed by atoms with Crippen LogP contribution in [0.15, 0.2) is 48.8 Å². The van der Waals surface area contributed by atoms with Gasteiger partial charge in [0, 0.05) is 18.2 Å². The van der Waals surface area contributed by atoms with Crippen molar-refractivity contribution >= 4 is 5.52 Å². The molecule has 3 rings (SSSR count). The molecule has 0 saturated heterocycles. The number of nitrogens with zero attached hydrogens (tertiary/aromatic N) is 2. The first kappa shape index (κ1) is 11.6. The number of aromatic nitrogens is 2. The third-order valence-corrected chi connectivity index (χ3v) is 3.17. The number of imidazole rings is 1. The summed E-state index contributed by atoms with van der Waals surface area (Å²) in [6.45, 7) is 0. The van der Waals surface area contributed by atoms with Crippen molar-refractivity contribution in [2.45, 2.75) is 6.42 Å². The van der Waals surface area contributed by atoms with E-state index < -0.39 is 0 Å². The van der Waals surface area contributed by atoms with Crippen LogP contribution in [0.4, 0.5) is 0 Å². The number of para-hydroxylation sites is 1. The average molecular weight is 254 g/mol. The first-order chi connectivity index (χ1) is 9.29. The lowest BCUT2D eigenvalue weighted by molar-refractivity contribution is 0.418. The number of rotatable bonds is 3. The van der Waals surface area contributed by atoms with Crippen LogP contribution in [0.3, 0.4) is 0 Å². The Bertz CT molecular complexity index is 719. The Morgan fingerprint density at radius 3 is 2.84 bits per heavy atom. The van der Waals surface area contributed by atoms with Crippen LogP contribution in [0.25, 0.3) is 5.52 Å². The molecule has 96 valence electrons. The molecular weight excluding hydrogens is 240 g/mol. The maximum atomic E-state index is 9.82. The number of hydrogen-bond donors (Lipinski definition) is 1. The van der Waals surface area contributed by atoms with Gasteiger partial charge < -0.3 is 14.2 Å². The van der Waals surface area contributed by atoms with E-state index in [-0.39, 0.29) is 0 Å². The first-order valence-corrected chi connectivity index (χ1v) is 6.05. The summed E-state index contributed by atoms with van der Waals surface area (Å²) in [5.74, 6) is 1.95. The van der Waals surface area contributed by atoms with Gasteiger partial charge in [-0.25, -0.2) is 4.98 Å². The number of pyridine rings is 1. The highest BCUT2D eigenvalue weighted by Crippen LogP contribution is 2.23. The van der Waals surface area contributed by atoms with Crippen LogP contribution < -0.4 is 4.74 Å². The largest absolute Gasteiger partial charge is 0.508 e. The van der Waals surface area contributed by atoms with Crippen molar-refractivity contribution in [2.24, 2.45) is 0 Å². The summed E-state index contributed by atoms with van der Waals surface area (Å²) in [5, 5.41) is 9.82. The maximum Gasteiger partial charge on any atom is 0.144 e. The van der Waals surface area contributed by atoms with Gasteiger partial charge in [0.05, 0.1) is 13.3 Å². The molecule has 2 aromatic heterocycles. The second kappa shape index (κ2) is 4.65. The number of hydrogen-bond acceptors (Lipinski definition) is 3. The topological polar surface area (TPSA) is 46.8 Å². The van der Waals surface area contributed by atoms with E-state index in [0.29, 0.717) is 12.2 Å². The molecule has 0 aliphatic carbocycles. The van der Waals surface area contributed by atoms with E-state index in [2.05, 4.69) is 4.98 Å². The molecule has 0 saturated carbocycles. The summed E-state index contributed by atoms with van der Waals surface area (Å²) in [6.07, 6.45) is 4.31. The van der Waals surface area contributed by atoms with Crippen molar-refractivity contribution in [3.05, 3.63) is 60.2 Å². The van der Waals surface area contributed by atoms with Crippen LogP contribution in [0.5, 0.6) is 11.5 Å². The smallest absolute Gasteiger partial charge is 0.144 e. The zero-order chi connectivity index (χ0) is 13.2. The lowest BCUT2D eigenvalue weighted by Gasteiger charge is -2.06. The van der Waals surface area contributed by atoms with Gasteiger partial charge in [0.1, 0.15) is 22.8 Å². The molecule has 0 atom stereocenters. The van der Waals surface area contributed by atoms with Crippen molar-refractivity contribution in [1.29, 1.82) is 0 Å². The van der Waals surface area contributed by atoms with E-state index in [1.165, 1.54) is 0 Å².